The maximum atomic E-state index is 11.8. The van der Waals surface area contributed by atoms with Crippen molar-refractivity contribution in [1.82, 2.24) is 0 Å². The van der Waals surface area contributed by atoms with E-state index in [-0.39, 0.29) is 5.92 Å². The van der Waals surface area contributed by atoms with Crippen molar-refractivity contribution in [3.8, 4) is 11.8 Å². The number of Topliss-reactive ketones (excluding diaryl/α,β-unsaturated/α-hetero) is 1. The predicted molar refractivity (Wildman–Crippen MR) is 70.2 cm³/mol. The fourth-order valence-corrected chi connectivity index (χ4v) is 1.21. The smallest absolute Gasteiger partial charge is 0.303 e. The zero-order chi connectivity index (χ0) is 14.8. The molecule has 0 fully saturated rings. The molecule has 0 aliphatic rings. The van der Waals surface area contributed by atoms with Crippen LogP contribution in [0.25, 0.3) is 0 Å². The largest absolute Gasteiger partial charge is 0.449 e. The molecule has 0 aromatic rings. The highest BCUT2D eigenvalue weighted by Crippen LogP contribution is 2.06. The molecule has 0 saturated heterocycles. The van der Waals surface area contributed by atoms with Crippen LogP contribution < -0.4 is 0 Å². The van der Waals surface area contributed by atoms with Crippen LogP contribution in [0.5, 0.6) is 0 Å². The Bertz CT molecular complexity index is 345. The van der Waals surface area contributed by atoms with Gasteiger partial charge in [-0.15, -0.1) is 0 Å². The van der Waals surface area contributed by atoms with Crippen LogP contribution in [-0.2, 0) is 23.8 Å². The molecule has 0 aliphatic carbocycles. The van der Waals surface area contributed by atoms with Gasteiger partial charge >= 0.3 is 5.97 Å². The van der Waals surface area contributed by atoms with Gasteiger partial charge in [0.25, 0.3) is 5.78 Å². The molecule has 0 aromatic carbocycles. The van der Waals surface area contributed by atoms with Crippen molar-refractivity contribution in [1.29, 1.82) is 0 Å². The van der Waals surface area contributed by atoms with E-state index in [2.05, 4.69) is 11.8 Å². The summed E-state index contributed by atoms with van der Waals surface area (Å²) in [5, 5.41) is 0. The fourth-order valence-electron chi connectivity index (χ4n) is 1.21. The van der Waals surface area contributed by atoms with Crippen LogP contribution in [0, 0.1) is 17.8 Å². The number of ether oxygens (including phenoxy) is 3. The van der Waals surface area contributed by atoms with E-state index in [0.717, 1.165) is 0 Å². The summed E-state index contributed by atoms with van der Waals surface area (Å²) in [7, 11) is 0. The lowest BCUT2D eigenvalue weighted by molar-refractivity contribution is -0.162. The number of hydrogen-bond donors (Lipinski definition) is 0. The molecular formula is C14H22O5. The molecule has 5 nitrogen and oxygen atoms in total. The lowest BCUT2D eigenvalue weighted by Gasteiger charge is -2.15. The molecule has 0 saturated carbocycles. The monoisotopic (exact) mass is 270 g/mol. The van der Waals surface area contributed by atoms with Crippen molar-refractivity contribution in [3.05, 3.63) is 0 Å². The van der Waals surface area contributed by atoms with Crippen LogP contribution in [0.15, 0.2) is 0 Å². The quantitative estimate of drug-likeness (QED) is 0.304. The summed E-state index contributed by atoms with van der Waals surface area (Å²) < 4.78 is 15.3. The van der Waals surface area contributed by atoms with Gasteiger partial charge in [-0.3, -0.25) is 9.59 Å². The second-order valence-electron chi connectivity index (χ2n) is 4.15. The highest BCUT2D eigenvalue weighted by atomic mass is 16.7. The molecule has 5 heteroatoms. The molecule has 1 unspecified atom stereocenters. The van der Waals surface area contributed by atoms with E-state index in [1.54, 1.807) is 13.8 Å². The van der Waals surface area contributed by atoms with Gasteiger partial charge in [-0.2, -0.15) is 0 Å². The maximum Gasteiger partial charge on any atom is 0.303 e. The average Bonchev–Trinajstić information content (AvgIpc) is 2.33. The van der Waals surface area contributed by atoms with Gasteiger partial charge in [0.05, 0.1) is 0 Å². The standard InChI is InChI=1S/C14H22O5/c1-6-17-14(18-7-2)12(16)8-9-13(10(3)4)19-11(5)15/h10,13-14H,6-7H2,1-5H3. The van der Waals surface area contributed by atoms with Gasteiger partial charge in [-0.05, 0) is 25.7 Å². The van der Waals surface area contributed by atoms with E-state index in [9.17, 15) is 9.59 Å². The molecule has 0 spiro atoms. The summed E-state index contributed by atoms with van der Waals surface area (Å²) in [5.74, 6) is 4.17. The zero-order valence-corrected chi connectivity index (χ0v) is 12.2. The third-order valence-electron chi connectivity index (χ3n) is 2.09. The van der Waals surface area contributed by atoms with E-state index in [0.29, 0.717) is 13.2 Å². The topological polar surface area (TPSA) is 61.8 Å². The van der Waals surface area contributed by atoms with Crippen molar-refractivity contribution in [3.63, 3.8) is 0 Å². The van der Waals surface area contributed by atoms with Crippen molar-refractivity contribution in [2.75, 3.05) is 13.2 Å². The van der Waals surface area contributed by atoms with Crippen LogP contribution in [-0.4, -0.2) is 37.4 Å². The Morgan fingerprint density at radius 2 is 1.63 bits per heavy atom. The lowest BCUT2D eigenvalue weighted by atomic mass is 10.1. The van der Waals surface area contributed by atoms with Crippen LogP contribution in [0.3, 0.4) is 0 Å². The molecule has 0 bridgehead atoms. The summed E-state index contributed by atoms with van der Waals surface area (Å²) in [6, 6.07) is 0. The average molecular weight is 270 g/mol. The highest BCUT2D eigenvalue weighted by molar-refractivity contribution is 5.98. The van der Waals surface area contributed by atoms with E-state index < -0.39 is 24.1 Å². The van der Waals surface area contributed by atoms with Gasteiger partial charge in [0, 0.05) is 26.1 Å². The minimum atomic E-state index is -0.979. The number of carbonyl (C=O) groups is 2. The molecule has 0 radical (unpaired) electrons. The number of carbonyl (C=O) groups excluding carboxylic acids is 2. The van der Waals surface area contributed by atoms with Crippen molar-refractivity contribution in [2.24, 2.45) is 5.92 Å². The first-order chi connectivity index (χ1) is 8.92. The summed E-state index contributed by atoms with van der Waals surface area (Å²) in [6.45, 7) is 9.27. The van der Waals surface area contributed by atoms with Gasteiger partial charge in [0.2, 0.25) is 6.29 Å². The third-order valence-corrected chi connectivity index (χ3v) is 2.09. The predicted octanol–water partition coefficient (Wildman–Crippen LogP) is 1.55. The number of esters is 1. The Morgan fingerprint density at radius 1 is 1.11 bits per heavy atom. The van der Waals surface area contributed by atoms with Crippen LogP contribution in [0.4, 0.5) is 0 Å². The number of rotatable bonds is 7. The Morgan fingerprint density at radius 3 is 2.00 bits per heavy atom. The molecule has 0 N–H and O–H groups in total. The van der Waals surface area contributed by atoms with Crippen LogP contribution in [0.2, 0.25) is 0 Å². The van der Waals surface area contributed by atoms with Crippen LogP contribution in [0.1, 0.15) is 34.6 Å². The van der Waals surface area contributed by atoms with Gasteiger partial charge in [-0.1, -0.05) is 13.8 Å². The summed E-state index contributed by atoms with van der Waals surface area (Å²) in [6.07, 6.45) is -1.59. The normalized spacial score (nSPS) is 11.9. The molecule has 1 atom stereocenters. The fraction of sp³-hybridized carbons (Fsp3) is 0.714. The molecule has 0 rings (SSSR count). The Kier molecular flexibility index (Phi) is 8.84. The van der Waals surface area contributed by atoms with Gasteiger partial charge < -0.3 is 14.2 Å². The molecule has 0 aliphatic heterocycles. The maximum absolute atomic E-state index is 11.8. The minimum absolute atomic E-state index is 0.00170. The highest BCUT2D eigenvalue weighted by Gasteiger charge is 2.18. The van der Waals surface area contributed by atoms with Gasteiger partial charge in [0.15, 0.2) is 6.10 Å². The van der Waals surface area contributed by atoms with Crippen molar-refractivity contribution in [2.45, 2.75) is 47.0 Å². The Hall–Kier alpha value is -1.38. The van der Waals surface area contributed by atoms with Crippen molar-refractivity contribution >= 4 is 11.8 Å². The summed E-state index contributed by atoms with van der Waals surface area (Å²) >= 11 is 0. The third kappa shape index (κ3) is 7.60. The Labute approximate surface area is 114 Å². The molecule has 0 amide bonds. The number of hydrogen-bond acceptors (Lipinski definition) is 5. The van der Waals surface area contributed by atoms with E-state index in [1.807, 2.05) is 13.8 Å². The van der Waals surface area contributed by atoms with E-state index in [4.69, 9.17) is 14.2 Å². The molecule has 0 heterocycles. The lowest BCUT2D eigenvalue weighted by Crippen LogP contribution is -2.27. The second kappa shape index (κ2) is 9.54. The summed E-state index contributed by atoms with van der Waals surface area (Å²) in [4.78, 5) is 22.7. The molecule has 108 valence electrons. The SMILES string of the molecule is CCOC(OCC)C(=O)C#CC(OC(C)=O)C(C)C. The first kappa shape index (κ1) is 17.6. The van der Waals surface area contributed by atoms with E-state index >= 15 is 0 Å². The molecular weight excluding hydrogens is 248 g/mol. The molecule has 19 heavy (non-hydrogen) atoms. The van der Waals surface area contributed by atoms with Crippen molar-refractivity contribution < 1.29 is 23.8 Å². The first-order valence-electron chi connectivity index (χ1n) is 6.38. The number of ketones is 1. The first-order valence-corrected chi connectivity index (χ1v) is 6.38. The van der Waals surface area contributed by atoms with E-state index in [1.165, 1.54) is 6.92 Å². The zero-order valence-electron chi connectivity index (χ0n) is 12.2. The summed E-state index contributed by atoms with van der Waals surface area (Å²) in [5.41, 5.74) is 0. The van der Waals surface area contributed by atoms with Crippen LogP contribution >= 0.6 is 0 Å². The van der Waals surface area contributed by atoms with Gasteiger partial charge in [0.1, 0.15) is 0 Å². The minimum Gasteiger partial charge on any atom is -0.449 e. The van der Waals surface area contributed by atoms with Gasteiger partial charge in [-0.25, -0.2) is 0 Å². The second-order valence-corrected chi connectivity index (χ2v) is 4.15. The Balaban J connectivity index is 4.72. The molecule has 0 aromatic heterocycles.